The maximum atomic E-state index is 3.50. The van der Waals surface area contributed by atoms with E-state index in [1.54, 1.807) is 0 Å². The third kappa shape index (κ3) is 3.54. The van der Waals surface area contributed by atoms with Crippen molar-refractivity contribution in [3.05, 3.63) is 70.3 Å². The van der Waals surface area contributed by atoms with Crippen LogP contribution >= 0.6 is 0 Å². The quantitative estimate of drug-likeness (QED) is 0.843. The summed E-state index contributed by atoms with van der Waals surface area (Å²) in [7, 11) is 2.04. The molecule has 1 heteroatoms. The summed E-state index contributed by atoms with van der Waals surface area (Å²) in [4.78, 5) is 0. The minimum absolute atomic E-state index is 0.143. The van der Waals surface area contributed by atoms with Crippen molar-refractivity contribution in [2.45, 2.75) is 46.1 Å². The second-order valence-electron chi connectivity index (χ2n) is 6.98. The molecule has 0 aliphatic carbocycles. The van der Waals surface area contributed by atoms with Gasteiger partial charge in [-0.2, -0.15) is 0 Å². The maximum Gasteiger partial charge on any atom is 0.0577 e. The Morgan fingerprint density at radius 2 is 1.48 bits per heavy atom. The van der Waals surface area contributed by atoms with Crippen LogP contribution in [0.2, 0.25) is 0 Å². The van der Waals surface area contributed by atoms with Gasteiger partial charge in [0.15, 0.2) is 0 Å². The number of rotatable bonds is 3. The zero-order valence-corrected chi connectivity index (χ0v) is 14.1. The Labute approximate surface area is 129 Å². The van der Waals surface area contributed by atoms with Gasteiger partial charge in [0.1, 0.15) is 0 Å². The van der Waals surface area contributed by atoms with E-state index in [9.17, 15) is 0 Å². The van der Waals surface area contributed by atoms with Crippen molar-refractivity contribution >= 4 is 0 Å². The summed E-state index contributed by atoms with van der Waals surface area (Å²) in [5.74, 6) is 0. The Bertz CT molecular complexity index is 600. The molecule has 1 nitrogen and oxygen atoms in total. The number of nitrogens with one attached hydrogen (secondary N) is 1. The molecule has 0 bridgehead atoms. The van der Waals surface area contributed by atoms with Gasteiger partial charge in [-0.15, -0.1) is 0 Å². The third-order valence-electron chi connectivity index (χ3n) is 3.95. The Morgan fingerprint density at radius 3 is 2.00 bits per heavy atom. The molecule has 0 fully saturated rings. The van der Waals surface area contributed by atoms with Gasteiger partial charge < -0.3 is 5.32 Å². The SMILES string of the molecule is CNC(c1cc(C)cc(C)c1)c1ccccc1C(C)(C)C. The fraction of sp³-hybridized carbons (Fsp3) is 0.400. The maximum absolute atomic E-state index is 3.50. The standard InChI is InChI=1S/C20H27N/c1-14-11-15(2)13-16(12-14)19(21-6)17-9-7-8-10-18(17)20(3,4)5/h7-13,19,21H,1-6H3. The average Bonchev–Trinajstić information content (AvgIpc) is 2.38. The predicted octanol–water partition coefficient (Wildman–Crippen LogP) is 4.91. The van der Waals surface area contributed by atoms with Crippen LogP contribution < -0.4 is 5.32 Å². The second kappa shape index (κ2) is 6.03. The fourth-order valence-electron chi connectivity index (χ4n) is 3.11. The molecule has 0 amide bonds. The highest BCUT2D eigenvalue weighted by Crippen LogP contribution is 2.33. The van der Waals surface area contributed by atoms with Gasteiger partial charge >= 0.3 is 0 Å². The molecule has 2 rings (SSSR count). The van der Waals surface area contributed by atoms with Crippen LogP contribution in [0.3, 0.4) is 0 Å². The summed E-state index contributed by atoms with van der Waals surface area (Å²) >= 11 is 0. The summed E-state index contributed by atoms with van der Waals surface area (Å²) in [6, 6.07) is 15.8. The van der Waals surface area contributed by atoms with Crippen molar-refractivity contribution in [1.29, 1.82) is 0 Å². The first kappa shape index (κ1) is 15.8. The first-order valence-electron chi connectivity index (χ1n) is 7.68. The van der Waals surface area contributed by atoms with E-state index in [1.807, 2.05) is 7.05 Å². The van der Waals surface area contributed by atoms with Crippen LogP contribution in [-0.4, -0.2) is 7.05 Å². The molecule has 0 aromatic heterocycles. The van der Waals surface area contributed by atoms with Crippen LogP contribution in [0.15, 0.2) is 42.5 Å². The molecule has 21 heavy (non-hydrogen) atoms. The van der Waals surface area contributed by atoms with Crippen LogP contribution in [0.1, 0.15) is 54.6 Å². The zero-order chi connectivity index (χ0) is 15.6. The lowest BCUT2D eigenvalue weighted by Gasteiger charge is -2.28. The Kier molecular flexibility index (Phi) is 4.53. The molecule has 0 radical (unpaired) electrons. The summed E-state index contributed by atoms with van der Waals surface area (Å²) < 4.78 is 0. The topological polar surface area (TPSA) is 12.0 Å². The summed E-state index contributed by atoms with van der Waals surface area (Å²) in [5.41, 5.74) is 6.90. The van der Waals surface area contributed by atoms with Crippen LogP contribution in [0, 0.1) is 13.8 Å². The average molecular weight is 281 g/mol. The zero-order valence-electron chi connectivity index (χ0n) is 14.1. The molecule has 0 aliphatic rings. The first-order valence-corrected chi connectivity index (χ1v) is 7.68. The van der Waals surface area contributed by atoms with Gasteiger partial charge in [0.25, 0.3) is 0 Å². The number of hydrogen-bond donors (Lipinski definition) is 1. The lowest BCUT2D eigenvalue weighted by molar-refractivity contribution is 0.567. The monoisotopic (exact) mass is 281 g/mol. The van der Waals surface area contributed by atoms with E-state index in [4.69, 9.17) is 0 Å². The van der Waals surface area contributed by atoms with Gasteiger partial charge in [-0.25, -0.2) is 0 Å². The molecule has 1 unspecified atom stereocenters. The van der Waals surface area contributed by atoms with E-state index in [-0.39, 0.29) is 11.5 Å². The van der Waals surface area contributed by atoms with Crippen molar-refractivity contribution in [1.82, 2.24) is 5.32 Å². The fourth-order valence-corrected chi connectivity index (χ4v) is 3.11. The van der Waals surface area contributed by atoms with E-state index in [1.165, 1.54) is 27.8 Å². The van der Waals surface area contributed by atoms with E-state index in [0.29, 0.717) is 0 Å². The Balaban J connectivity index is 2.57. The Hall–Kier alpha value is -1.60. The minimum atomic E-state index is 0.143. The van der Waals surface area contributed by atoms with E-state index in [2.05, 4.69) is 82.4 Å². The molecule has 1 N–H and O–H groups in total. The molecule has 0 spiro atoms. The summed E-state index contributed by atoms with van der Waals surface area (Å²) in [6.45, 7) is 11.2. The van der Waals surface area contributed by atoms with Crippen molar-refractivity contribution in [3.8, 4) is 0 Å². The molecule has 2 aromatic rings. The van der Waals surface area contributed by atoms with E-state index in [0.717, 1.165) is 0 Å². The molecule has 2 aromatic carbocycles. The van der Waals surface area contributed by atoms with Crippen LogP contribution in [0.4, 0.5) is 0 Å². The van der Waals surface area contributed by atoms with Gasteiger partial charge in [0.05, 0.1) is 6.04 Å². The smallest absolute Gasteiger partial charge is 0.0577 e. The minimum Gasteiger partial charge on any atom is -0.309 e. The van der Waals surface area contributed by atoms with Crippen molar-refractivity contribution in [2.24, 2.45) is 0 Å². The van der Waals surface area contributed by atoms with E-state index < -0.39 is 0 Å². The lowest BCUT2D eigenvalue weighted by Crippen LogP contribution is -2.23. The van der Waals surface area contributed by atoms with E-state index >= 15 is 0 Å². The number of aryl methyl sites for hydroxylation is 2. The Morgan fingerprint density at radius 1 is 0.905 bits per heavy atom. The van der Waals surface area contributed by atoms with Gasteiger partial charge in [-0.1, -0.05) is 74.4 Å². The van der Waals surface area contributed by atoms with Crippen molar-refractivity contribution in [2.75, 3.05) is 7.05 Å². The lowest BCUT2D eigenvalue weighted by atomic mass is 9.80. The van der Waals surface area contributed by atoms with Gasteiger partial charge in [-0.05, 0) is 43.0 Å². The molecule has 0 heterocycles. The highest BCUT2D eigenvalue weighted by Gasteiger charge is 2.22. The summed E-state index contributed by atoms with van der Waals surface area (Å²) in [6.07, 6.45) is 0. The molecular formula is C20H27N. The molecular weight excluding hydrogens is 254 g/mol. The van der Waals surface area contributed by atoms with Crippen LogP contribution in [-0.2, 0) is 5.41 Å². The molecule has 112 valence electrons. The van der Waals surface area contributed by atoms with Crippen molar-refractivity contribution < 1.29 is 0 Å². The normalized spacial score (nSPS) is 13.2. The number of hydrogen-bond acceptors (Lipinski definition) is 1. The summed E-state index contributed by atoms with van der Waals surface area (Å²) in [5, 5.41) is 3.50. The van der Waals surface area contributed by atoms with Gasteiger partial charge in [0.2, 0.25) is 0 Å². The highest BCUT2D eigenvalue weighted by atomic mass is 14.9. The first-order chi connectivity index (χ1) is 9.82. The number of benzene rings is 2. The highest BCUT2D eigenvalue weighted by molar-refractivity contribution is 5.42. The largest absolute Gasteiger partial charge is 0.309 e. The molecule has 0 saturated heterocycles. The molecule has 0 aliphatic heterocycles. The molecule has 0 saturated carbocycles. The molecule has 1 atom stereocenters. The van der Waals surface area contributed by atoms with Crippen molar-refractivity contribution in [3.63, 3.8) is 0 Å². The second-order valence-corrected chi connectivity index (χ2v) is 6.98. The van der Waals surface area contributed by atoms with Crippen LogP contribution in [0.25, 0.3) is 0 Å². The predicted molar refractivity (Wildman–Crippen MR) is 92.0 cm³/mol. The van der Waals surface area contributed by atoms with Gasteiger partial charge in [0, 0.05) is 0 Å². The third-order valence-corrected chi connectivity index (χ3v) is 3.95. The van der Waals surface area contributed by atoms with Crippen LogP contribution in [0.5, 0.6) is 0 Å². The van der Waals surface area contributed by atoms with Gasteiger partial charge in [-0.3, -0.25) is 0 Å².